The summed E-state index contributed by atoms with van der Waals surface area (Å²) in [5.41, 5.74) is 0.927. The molecule has 0 bridgehead atoms. The Kier molecular flexibility index (Phi) is 3.10. The van der Waals surface area contributed by atoms with Crippen LogP contribution in [0, 0.1) is 0 Å². The molecule has 2 unspecified atom stereocenters. The first-order chi connectivity index (χ1) is 5.91. The van der Waals surface area contributed by atoms with Gasteiger partial charge < -0.3 is 10.4 Å². The lowest BCUT2D eigenvalue weighted by Crippen LogP contribution is -2.39. The van der Waals surface area contributed by atoms with Crippen molar-refractivity contribution in [1.82, 2.24) is 5.32 Å². The zero-order valence-corrected chi connectivity index (χ0v) is 8.47. The van der Waals surface area contributed by atoms with Crippen LogP contribution in [-0.2, 0) is 9.84 Å². The Labute approximate surface area is 78.6 Å². The highest BCUT2D eigenvalue weighted by molar-refractivity contribution is 7.91. The summed E-state index contributed by atoms with van der Waals surface area (Å²) in [5, 5.41) is 12.3. The summed E-state index contributed by atoms with van der Waals surface area (Å²) in [5.74, 6) is -0.0949. The van der Waals surface area contributed by atoms with E-state index in [4.69, 9.17) is 0 Å². The molecule has 1 fully saturated rings. The highest BCUT2D eigenvalue weighted by Crippen LogP contribution is 2.12. The van der Waals surface area contributed by atoms with Crippen LogP contribution in [0.1, 0.15) is 6.92 Å². The third kappa shape index (κ3) is 3.10. The molecule has 4 nitrogen and oxygen atoms in total. The Morgan fingerprint density at radius 2 is 2.23 bits per heavy atom. The molecule has 1 heterocycles. The fourth-order valence-electron chi connectivity index (χ4n) is 1.33. The highest BCUT2D eigenvalue weighted by Gasteiger charge is 2.35. The van der Waals surface area contributed by atoms with Gasteiger partial charge in [-0.2, -0.15) is 0 Å². The normalized spacial score (nSPS) is 31.8. The SMILES string of the molecule is C=C(C)CNC1CS(=O)(=O)CC1O. The number of rotatable bonds is 3. The quantitative estimate of drug-likeness (QED) is 0.599. The molecule has 1 aliphatic heterocycles. The molecule has 0 aromatic rings. The summed E-state index contributed by atoms with van der Waals surface area (Å²) in [4.78, 5) is 0. The summed E-state index contributed by atoms with van der Waals surface area (Å²) in [6.07, 6.45) is -0.774. The molecule has 1 saturated heterocycles. The second-order valence-corrected chi connectivity index (χ2v) is 5.74. The molecule has 1 aliphatic rings. The van der Waals surface area contributed by atoms with Crippen LogP contribution in [0.25, 0.3) is 0 Å². The molecule has 76 valence electrons. The van der Waals surface area contributed by atoms with Gasteiger partial charge in [-0.1, -0.05) is 12.2 Å². The average molecular weight is 205 g/mol. The largest absolute Gasteiger partial charge is 0.390 e. The molecule has 2 N–H and O–H groups in total. The van der Waals surface area contributed by atoms with Crippen molar-refractivity contribution in [3.63, 3.8) is 0 Å². The average Bonchev–Trinajstić information content (AvgIpc) is 2.20. The van der Waals surface area contributed by atoms with Crippen molar-refractivity contribution in [1.29, 1.82) is 0 Å². The molecule has 0 saturated carbocycles. The van der Waals surface area contributed by atoms with Crippen molar-refractivity contribution in [3.05, 3.63) is 12.2 Å². The molecule has 0 aliphatic carbocycles. The molecule has 0 spiro atoms. The van der Waals surface area contributed by atoms with Gasteiger partial charge in [-0.15, -0.1) is 0 Å². The van der Waals surface area contributed by atoms with Gasteiger partial charge in [0.15, 0.2) is 9.84 Å². The number of nitrogens with one attached hydrogen (secondary N) is 1. The first-order valence-electron chi connectivity index (χ1n) is 4.17. The zero-order valence-electron chi connectivity index (χ0n) is 7.66. The molecule has 0 radical (unpaired) electrons. The van der Waals surface area contributed by atoms with E-state index in [0.29, 0.717) is 6.54 Å². The van der Waals surface area contributed by atoms with Crippen molar-refractivity contribution in [3.8, 4) is 0 Å². The van der Waals surface area contributed by atoms with Gasteiger partial charge in [-0.25, -0.2) is 8.42 Å². The lowest BCUT2D eigenvalue weighted by Gasteiger charge is -2.14. The summed E-state index contributed by atoms with van der Waals surface area (Å²) < 4.78 is 22.1. The van der Waals surface area contributed by atoms with Gasteiger partial charge in [0, 0.05) is 12.6 Å². The third-order valence-electron chi connectivity index (χ3n) is 1.99. The van der Waals surface area contributed by atoms with E-state index in [2.05, 4.69) is 11.9 Å². The molecule has 0 aromatic carbocycles. The van der Waals surface area contributed by atoms with Gasteiger partial charge in [0.2, 0.25) is 0 Å². The maximum Gasteiger partial charge on any atom is 0.154 e. The Balaban J connectivity index is 2.49. The maximum absolute atomic E-state index is 11.1. The van der Waals surface area contributed by atoms with E-state index >= 15 is 0 Å². The lowest BCUT2D eigenvalue weighted by atomic mass is 10.2. The van der Waals surface area contributed by atoms with Crippen LogP contribution in [0.15, 0.2) is 12.2 Å². The van der Waals surface area contributed by atoms with E-state index in [1.807, 2.05) is 6.92 Å². The number of hydrogen-bond donors (Lipinski definition) is 2. The van der Waals surface area contributed by atoms with Crippen molar-refractivity contribution in [2.45, 2.75) is 19.1 Å². The van der Waals surface area contributed by atoms with Crippen molar-refractivity contribution in [2.24, 2.45) is 0 Å². The smallest absolute Gasteiger partial charge is 0.154 e. The molecule has 0 amide bonds. The fraction of sp³-hybridized carbons (Fsp3) is 0.750. The van der Waals surface area contributed by atoms with Gasteiger partial charge in [0.1, 0.15) is 0 Å². The van der Waals surface area contributed by atoms with E-state index in [9.17, 15) is 13.5 Å². The third-order valence-corrected chi connectivity index (χ3v) is 3.71. The lowest BCUT2D eigenvalue weighted by molar-refractivity contribution is 0.168. The van der Waals surface area contributed by atoms with Crippen LogP contribution in [0.5, 0.6) is 0 Å². The first-order valence-corrected chi connectivity index (χ1v) is 5.99. The standard InChI is InChI=1S/C8H15NO3S/c1-6(2)3-9-7-4-13(11,12)5-8(7)10/h7-10H,1,3-5H2,2H3. The maximum atomic E-state index is 11.1. The van der Waals surface area contributed by atoms with Crippen LogP contribution < -0.4 is 5.32 Å². The van der Waals surface area contributed by atoms with E-state index in [-0.39, 0.29) is 17.5 Å². The summed E-state index contributed by atoms with van der Waals surface area (Å²) in [6, 6.07) is -0.332. The highest BCUT2D eigenvalue weighted by atomic mass is 32.2. The van der Waals surface area contributed by atoms with Gasteiger partial charge in [-0.3, -0.25) is 0 Å². The molecular formula is C8H15NO3S. The van der Waals surface area contributed by atoms with Gasteiger partial charge in [-0.05, 0) is 6.92 Å². The molecule has 2 atom stereocenters. The summed E-state index contributed by atoms with van der Waals surface area (Å²) >= 11 is 0. The Bertz CT molecular complexity index is 297. The molecule has 5 heteroatoms. The minimum absolute atomic E-state index is 0.0292. The van der Waals surface area contributed by atoms with E-state index in [1.165, 1.54) is 0 Å². The zero-order chi connectivity index (χ0) is 10.1. The first kappa shape index (κ1) is 10.7. The van der Waals surface area contributed by atoms with Crippen molar-refractivity contribution < 1.29 is 13.5 Å². The summed E-state index contributed by atoms with van der Waals surface area (Å²) in [6.45, 7) is 6.09. The minimum Gasteiger partial charge on any atom is -0.390 e. The molecular weight excluding hydrogens is 190 g/mol. The number of aliphatic hydroxyl groups excluding tert-OH is 1. The van der Waals surface area contributed by atoms with Crippen LogP contribution in [0.4, 0.5) is 0 Å². The number of hydrogen-bond acceptors (Lipinski definition) is 4. The van der Waals surface area contributed by atoms with Crippen LogP contribution in [0.3, 0.4) is 0 Å². The summed E-state index contributed by atoms with van der Waals surface area (Å²) in [7, 11) is -3.03. The second kappa shape index (κ2) is 3.77. The van der Waals surface area contributed by atoms with Crippen molar-refractivity contribution in [2.75, 3.05) is 18.1 Å². The van der Waals surface area contributed by atoms with E-state index in [0.717, 1.165) is 5.57 Å². The molecule has 13 heavy (non-hydrogen) atoms. The van der Waals surface area contributed by atoms with E-state index in [1.54, 1.807) is 0 Å². The Morgan fingerprint density at radius 1 is 1.62 bits per heavy atom. The van der Waals surface area contributed by atoms with Gasteiger partial charge >= 0.3 is 0 Å². The van der Waals surface area contributed by atoms with Crippen molar-refractivity contribution >= 4 is 9.84 Å². The predicted molar refractivity (Wildman–Crippen MR) is 51.3 cm³/mol. The van der Waals surface area contributed by atoms with Crippen LogP contribution >= 0.6 is 0 Å². The van der Waals surface area contributed by atoms with Gasteiger partial charge in [0.25, 0.3) is 0 Å². The minimum atomic E-state index is -3.03. The predicted octanol–water partition coefficient (Wildman–Crippen LogP) is -0.690. The van der Waals surface area contributed by atoms with E-state index < -0.39 is 15.9 Å². The fourth-order valence-corrected chi connectivity index (χ4v) is 3.11. The van der Waals surface area contributed by atoms with Gasteiger partial charge in [0.05, 0.1) is 17.6 Å². The Hall–Kier alpha value is -0.390. The van der Waals surface area contributed by atoms with Crippen LogP contribution in [0.2, 0.25) is 0 Å². The molecule has 1 rings (SSSR count). The monoisotopic (exact) mass is 205 g/mol. The number of sulfone groups is 1. The topological polar surface area (TPSA) is 66.4 Å². The molecule has 0 aromatic heterocycles. The Morgan fingerprint density at radius 3 is 2.62 bits per heavy atom. The number of aliphatic hydroxyl groups is 1. The van der Waals surface area contributed by atoms with Crippen LogP contribution in [-0.4, -0.2) is 43.7 Å². The second-order valence-electron chi connectivity index (χ2n) is 3.59.